The maximum absolute atomic E-state index is 12.0. The fraction of sp³-hybridized carbons (Fsp3) is 0.692. The number of nitrogens with zero attached hydrogens (tertiary/aromatic N) is 2. The van der Waals surface area contributed by atoms with Crippen molar-refractivity contribution >= 4 is 17.5 Å². The Bertz CT molecular complexity index is 407. The van der Waals surface area contributed by atoms with E-state index in [-0.39, 0.29) is 11.3 Å². The Morgan fingerprint density at radius 2 is 2.32 bits per heavy atom. The van der Waals surface area contributed by atoms with Gasteiger partial charge in [0.25, 0.3) is 5.91 Å². The van der Waals surface area contributed by atoms with Gasteiger partial charge in [0, 0.05) is 20.2 Å². The zero-order valence-corrected chi connectivity index (χ0v) is 12.5. The molecule has 0 aliphatic carbocycles. The molecule has 5 nitrogen and oxygen atoms in total. The van der Waals surface area contributed by atoms with E-state index in [1.54, 1.807) is 11.8 Å². The number of rotatable bonds is 8. The van der Waals surface area contributed by atoms with Gasteiger partial charge in [0.1, 0.15) is 5.69 Å². The normalized spacial score (nSPS) is 12.4. The van der Waals surface area contributed by atoms with Gasteiger partial charge >= 0.3 is 0 Å². The molecule has 0 bridgehead atoms. The minimum absolute atomic E-state index is 0.0763. The number of ether oxygens (including phenoxy) is 1. The SMILES string of the molecule is CCc1cc(C(=O)NCCC(Cl)COC)n(CC)n1. The van der Waals surface area contributed by atoms with E-state index < -0.39 is 0 Å². The monoisotopic (exact) mass is 287 g/mol. The van der Waals surface area contributed by atoms with Crippen molar-refractivity contribution in [1.82, 2.24) is 15.1 Å². The number of hydrogen-bond donors (Lipinski definition) is 1. The second-order valence-corrected chi connectivity index (χ2v) is 4.90. The molecule has 0 aromatic carbocycles. The summed E-state index contributed by atoms with van der Waals surface area (Å²) in [6.45, 7) is 5.70. The number of aromatic nitrogens is 2. The lowest BCUT2D eigenvalue weighted by Crippen LogP contribution is -2.29. The first kappa shape index (κ1) is 16.0. The molecule has 0 saturated heterocycles. The average Bonchev–Trinajstić information content (AvgIpc) is 2.82. The van der Waals surface area contributed by atoms with Crippen LogP contribution in [0.4, 0.5) is 0 Å². The molecule has 0 fully saturated rings. The molecule has 1 heterocycles. The zero-order chi connectivity index (χ0) is 14.3. The highest BCUT2D eigenvalue weighted by atomic mass is 35.5. The molecule has 1 aromatic rings. The third-order valence-electron chi connectivity index (χ3n) is 2.82. The van der Waals surface area contributed by atoms with Crippen molar-refractivity contribution in [3.05, 3.63) is 17.5 Å². The Balaban J connectivity index is 2.51. The third kappa shape index (κ3) is 4.84. The number of aryl methyl sites for hydroxylation is 2. The molecule has 1 atom stereocenters. The van der Waals surface area contributed by atoms with Gasteiger partial charge in [-0.05, 0) is 25.8 Å². The third-order valence-corrected chi connectivity index (χ3v) is 3.16. The number of amides is 1. The molecule has 1 N–H and O–H groups in total. The van der Waals surface area contributed by atoms with Gasteiger partial charge in [-0.15, -0.1) is 11.6 Å². The molecule has 1 unspecified atom stereocenters. The number of alkyl halides is 1. The summed E-state index contributed by atoms with van der Waals surface area (Å²) in [6, 6.07) is 1.84. The number of nitrogens with one attached hydrogen (secondary N) is 1. The number of hydrogen-bond acceptors (Lipinski definition) is 3. The Hall–Kier alpha value is -1.07. The van der Waals surface area contributed by atoms with E-state index in [0.29, 0.717) is 31.8 Å². The van der Waals surface area contributed by atoms with Crippen molar-refractivity contribution in [1.29, 1.82) is 0 Å². The summed E-state index contributed by atoms with van der Waals surface area (Å²) in [5, 5.41) is 7.13. The van der Waals surface area contributed by atoms with Crippen molar-refractivity contribution in [2.24, 2.45) is 0 Å². The lowest BCUT2D eigenvalue weighted by Gasteiger charge is -2.09. The highest BCUT2D eigenvalue weighted by molar-refractivity contribution is 6.20. The van der Waals surface area contributed by atoms with Crippen LogP contribution in [0.15, 0.2) is 6.07 Å². The summed E-state index contributed by atoms with van der Waals surface area (Å²) in [6.07, 6.45) is 1.51. The standard InChI is InChI=1S/C13H22ClN3O2/c1-4-11-8-12(17(5-2)16-11)13(18)15-7-6-10(14)9-19-3/h8,10H,4-7,9H2,1-3H3,(H,15,18). The average molecular weight is 288 g/mol. The summed E-state index contributed by atoms with van der Waals surface area (Å²) in [5.41, 5.74) is 1.54. The summed E-state index contributed by atoms with van der Waals surface area (Å²) in [7, 11) is 1.61. The fourth-order valence-electron chi connectivity index (χ4n) is 1.76. The first-order valence-electron chi connectivity index (χ1n) is 6.60. The van der Waals surface area contributed by atoms with Crippen LogP contribution >= 0.6 is 11.6 Å². The molecule has 6 heteroatoms. The van der Waals surface area contributed by atoms with Gasteiger partial charge in [0.2, 0.25) is 0 Å². The Kier molecular flexibility index (Phi) is 6.87. The molecule has 0 radical (unpaired) electrons. The van der Waals surface area contributed by atoms with Crippen LogP contribution in [-0.4, -0.2) is 41.3 Å². The highest BCUT2D eigenvalue weighted by Crippen LogP contribution is 2.06. The second-order valence-electron chi connectivity index (χ2n) is 4.29. The fourth-order valence-corrected chi connectivity index (χ4v) is 2.00. The van der Waals surface area contributed by atoms with Crippen molar-refractivity contribution in [3.8, 4) is 0 Å². The summed E-state index contributed by atoms with van der Waals surface area (Å²) >= 11 is 6.00. The molecule has 108 valence electrons. The van der Waals surface area contributed by atoms with Gasteiger partial charge in [-0.25, -0.2) is 0 Å². The minimum atomic E-state index is -0.102. The maximum atomic E-state index is 12.0. The summed E-state index contributed by atoms with van der Waals surface area (Å²) in [5.74, 6) is -0.102. The molecule has 19 heavy (non-hydrogen) atoms. The van der Waals surface area contributed by atoms with Crippen LogP contribution in [-0.2, 0) is 17.7 Å². The number of carbonyl (C=O) groups excluding carboxylic acids is 1. The molecule has 0 saturated carbocycles. The van der Waals surface area contributed by atoms with E-state index in [1.807, 2.05) is 19.9 Å². The van der Waals surface area contributed by atoms with Crippen LogP contribution in [0.5, 0.6) is 0 Å². The minimum Gasteiger partial charge on any atom is -0.383 e. The molecular weight excluding hydrogens is 266 g/mol. The van der Waals surface area contributed by atoms with E-state index >= 15 is 0 Å². The van der Waals surface area contributed by atoms with Gasteiger partial charge in [-0.2, -0.15) is 5.10 Å². The van der Waals surface area contributed by atoms with E-state index in [0.717, 1.165) is 12.1 Å². The molecular formula is C13H22ClN3O2. The molecule has 0 aliphatic heterocycles. The summed E-state index contributed by atoms with van der Waals surface area (Å²) in [4.78, 5) is 12.0. The molecule has 1 aromatic heterocycles. The smallest absolute Gasteiger partial charge is 0.269 e. The number of methoxy groups -OCH3 is 1. The summed E-state index contributed by atoms with van der Waals surface area (Å²) < 4.78 is 6.67. The van der Waals surface area contributed by atoms with Gasteiger partial charge in [-0.3, -0.25) is 9.48 Å². The Morgan fingerprint density at radius 3 is 2.89 bits per heavy atom. The lowest BCUT2D eigenvalue weighted by molar-refractivity contribution is 0.0941. The molecule has 0 aliphatic rings. The van der Waals surface area contributed by atoms with E-state index in [4.69, 9.17) is 16.3 Å². The van der Waals surface area contributed by atoms with E-state index in [2.05, 4.69) is 10.4 Å². The Morgan fingerprint density at radius 1 is 1.58 bits per heavy atom. The predicted octanol–water partition coefficient (Wildman–Crippen LogP) is 1.84. The van der Waals surface area contributed by atoms with Crippen molar-refractivity contribution in [3.63, 3.8) is 0 Å². The molecule has 1 rings (SSSR count). The largest absolute Gasteiger partial charge is 0.383 e. The predicted molar refractivity (Wildman–Crippen MR) is 75.7 cm³/mol. The van der Waals surface area contributed by atoms with E-state index in [1.165, 1.54) is 0 Å². The zero-order valence-electron chi connectivity index (χ0n) is 11.8. The first-order chi connectivity index (χ1) is 9.12. The van der Waals surface area contributed by atoms with Crippen LogP contribution in [0.1, 0.15) is 36.5 Å². The van der Waals surface area contributed by atoms with Gasteiger partial charge in [0.05, 0.1) is 17.7 Å². The Labute approximate surface area is 119 Å². The quantitative estimate of drug-likeness (QED) is 0.742. The van der Waals surface area contributed by atoms with Crippen LogP contribution in [0.25, 0.3) is 0 Å². The topological polar surface area (TPSA) is 56.1 Å². The van der Waals surface area contributed by atoms with Crippen LogP contribution < -0.4 is 5.32 Å². The maximum Gasteiger partial charge on any atom is 0.269 e. The van der Waals surface area contributed by atoms with Crippen molar-refractivity contribution < 1.29 is 9.53 Å². The van der Waals surface area contributed by atoms with Gasteiger partial charge in [-0.1, -0.05) is 6.92 Å². The van der Waals surface area contributed by atoms with Gasteiger partial charge in [0.15, 0.2) is 0 Å². The molecule has 0 spiro atoms. The lowest BCUT2D eigenvalue weighted by atomic mass is 10.2. The van der Waals surface area contributed by atoms with Gasteiger partial charge < -0.3 is 10.1 Å². The molecule has 1 amide bonds. The van der Waals surface area contributed by atoms with Crippen molar-refractivity contribution in [2.75, 3.05) is 20.3 Å². The van der Waals surface area contributed by atoms with Crippen LogP contribution in [0.3, 0.4) is 0 Å². The van der Waals surface area contributed by atoms with Crippen molar-refractivity contribution in [2.45, 2.75) is 38.6 Å². The van der Waals surface area contributed by atoms with Crippen LogP contribution in [0, 0.1) is 0 Å². The number of carbonyl (C=O) groups is 1. The van der Waals surface area contributed by atoms with E-state index in [9.17, 15) is 4.79 Å². The number of halogens is 1. The highest BCUT2D eigenvalue weighted by Gasteiger charge is 2.14. The van der Waals surface area contributed by atoms with Crippen LogP contribution in [0.2, 0.25) is 0 Å². The second kappa shape index (κ2) is 8.17. The first-order valence-corrected chi connectivity index (χ1v) is 7.03.